The summed E-state index contributed by atoms with van der Waals surface area (Å²) >= 11 is 1.23. The van der Waals surface area contributed by atoms with Crippen LogP contribution in [-0.4, -0.2) is 33.1 Å². The van der Waals surface area contributed by atoms with Crippen LogP contribution in [0, 0.1) is 6.92 Å². The minimum atomic E-state index is -0.128. The van der Waals surface area contributed by atoms with Crippen LogP contribution in [0.1, 0.15) is 11.5 Å². The normalized spacial score (nSPS) is 11.2. The first kappa shape index (κ1) is 18.8. The lowest BCUT2D eigenvalue weighted by Crippen LogP contribution is -2.14. The predicted molar refractivity (Wildman–Crippen MR) is 114 cm³/mol. The van der Waals surface area contributed by atoms with Gasteiger partial charge in [0, 0.05) is 11.1 Å². The van der Waals surface area contributed by atoms with Gasteiger partial charge in [-0.15, -0.1) is 5.10 Å². The molecule has 0 aliphatic carbocycles. The molecule has 0 aliphatic heterocycles. The zero-order chi connectivity index (χ0) is 20.1. The Labute approximate surface area is 170 Å². The van der Waals surface area contributed by atoms with E-state index < -0.39 is 0 Å². The number of rotatable bonds is 7. The van der Waals surface area contributed by atoms with E-state index >= 15 is 0 Å². The van der Waals surface area contributed by atoms with Gasteiger partial charge in [0.05, 0.1) is 12.0 Å². The van der Waals surface area contributed by atoms with Crippen molar-refractivity contribution in [3.8, 4) is 0 Å². The summed E-state index contributed by atoms with van der Waals surface area (Å²) in [6.45, 7) is 1.86. The van der Waals surface area contributed by atoms with E-state index in [-0.39, 0.29) is 11.7 Å². The van der Waals surface area contributed by atoms with Crippen molar-refractivity contribution in [2.24, 2.45) is 5.10 Å². The Bertz CT molecular complexity index is 1160. The number of thioether (sulfide) groups is 1. The zero-order valence-corrected chi connectivity index (χ0v) is 16.4. The fourth-order valence-electron chi connectivity index (χ4n) is 2.69. The maximum Gasteiger partial charge on any atom is 0.240 e. The van der Waals surface area contributed by atoms with Gasteiger partial charge >= 0.3 is 0 Å². The summed E-state index contributed by atoms with van der Waals surface area (Å²) < 4.78 is 5.38. The number of H-pyrrole nitrogens is 1. The molecule has 29 heavy (non-hydrogen) atoms. The number of hydrogen-bond acceptors (Lipinski definition) is 7. The number of aryl methyl sites for hydroxylation is 1. The van der Waals surface area contributed by atoms with E-state index in [1.54, 1.807) is 6.21 Å². The zero-order valence-electron chi connectivity index (χ0n) is 15.5. The van der Waals surface area contributed by atoms with Gasteiger partial charge in [0.1, 0.15) is 11.5 Å². The second-order valence-corrected chi connectivity index (χ2v) is 7.09. The Hall–Kier alpha value is -3.59. The van der Waals surface area contributed by atoms with E-state index in [2.05, 4.69) is 31.0 Å². The molecule has 8 nitrogen and oxygen atoms in total. The first-order valence-electron chi connectivity index (χ1n) is 8.86. The average Bonchev–Trinajstić information content (AvgIpc) is 3.36. The molecule has 0 atom stereocenters. The molecule has 146 valence electrons. The Morgan fingerprint density at radius 1 is 1.21 bits per heavy atom. The monoisotopic (exact) mass is 406 g/mol. The molecule has 9 heteroatoms. The van der Waals surface area contributed by atoms with E-state index in [0.29, 0.717) is 16.9 Å². The van der Waals surface area contributed by atoms with Crippen LogP contribution in [-0.2, 0) is 4.79 Å². The molecule has 0 bridgehead atoms. The summed E-state index contributed by atoms with van der Waals surface area (Å²) in [5.41, 5.74) is 3.52. The standard InChI is InChI=1S/C20H18N6O2S/c1-13-9-10-15(28-13)11-21-24-19-23-20(26-25-19)29-12-18(27)22-17-8-4-6-14-5-2-3-7-16(14)17/h2-11H,12H2,1H3,(H,22,27)(H2,23,24,25,26)/b21-11-. The highest BCUT2D eigenvalue weighted by molar-refractivity contribution is 7.99. The summed E-state index contributed by atoms with van der Waals surface area (Å²) in [4.78, 5) is 16.6. The number of fused-ring (bicyclic) bond motifs is 1. The van der Waals surface area contributed by atoms with Gasteiger partial charge in [0.2, 0.25) is 17.0 Å². The van der Waals surface area contributed by atoms with Crippen molar-refractivity contribution in [3.05, 3.63) is 66.1 Å². The maximum absolute atomic E-state index is 12.3. The van der Waals surface area contributed by atoms with Gasteiger partial charge in [-0.25, -0.2) is 10.5 Å². The van der Waals surface area contributed by atoms with Crippen LogP contribution in [0.25, 0.3) is 10.8 Å². The van der Waals surface area contributed by atoms with E-state index in [1.807, 2.05) is 61.5 Å². The number of carbonyl (C=O) groups excluding carboxylic acids is 1. The lowest BCUT2D eigenvalue weighted by molar-refractivity contribution is -0.113. The minimum absolute atomic E-state index is 0.128. The quantitative estimate of drug-likeness (QED) is 0.243. The first-order chi connectivity index (χ1) is 14.2. The highest BCUT2D eigenvalue weighted by Crippen LogP contribution is 2.23. The summed E-state index contributed by atoms with van der Waals surface area (Å²) in [5.74, 6) is 1.88. The molecule has 3 N–H and O–H groups in total. The van der Waals surface area contributed by atoms with Gasteiger partial charge in [-0.1, -0.05) is 48.2 Å². The predicted octanol–water partition coefficient (Wildman–Crippen LogP) is 4.04. The van der Waals surface area contributed by atoms with Gasteiger partial charge in [-0.2, -0.15) is 10.1 Å². The van der Waals surface area contributed by atoms with Crippen LogP contribution in [0.2, 0.25) is 0 Å². The molecule has 0 unspecified atom stereocenters. The number of furan rings is 1. The van der Waals surface area contributed by atoms with Crippen LogP contribution in [0.4, 0.5) is 11.6 Å². The van der Waals surface area contributed by atoms with E-state index in [1.165, 1.54) is 11.8 Å². The van der Waals surface area contributed by atoms with Crippen LogP contribution >= 0.6 is 11.8 Å². The third-order valence-corrected chi connectivity index (χ3v) is 4.83. The highest BCUT2D eigenvalue weighted by Gasteiger charge is 2.09. The number of hydrazone groups is 1. The van der Waals surface area contributed by atoms with Crippen LogP contribution in [0.3, 0.4) is 0 Å². The van der Waals surface area contributed by atoms with Crippen LogP contribution < -0.4 is 10.7 Å². The van der Waals surface area contributed by atoms with Crippen molar-refractivity contribution in [2.75, 3.05) is 16.5 Å². The third-order valence-electron chi connectivity index (χ3n) is 3.98. The largest absolute Gasteiger partial charge is 0.460 e. The Morgan fingerprint density at radius 2 is 2.07 bits per heavy atom. The second-order valence-electron chi connectivity index (χ2n) is 6.15. The van der Waals surface area contributed by atoms with Crippen molar-refractivity contribution in [2.45, 2.75) is 12.1 Å². The van der Waals surface area contributed by atoms with E-state index in [4.69, 9.17) is 4.42 Å². The number of anilines is 2. The number of aromatic nitrogens is 3. The Balaban J connectivity index is 1.30. The molecular formula is C20H18N6O2S. The van der Waals surface area contributed by atoms with Gasteiger partial charge < -0.3 is 9.73 Å². The molecule has 0 spiro atoms. The van der Waals surface area contributed by atoms with Crippen LogP contribution in [0.15, 0.2) is 69.3 Å². The van der Waals surface area contributed by atoms with Crippen molar-refractivity contribution in [1.29, 1.82) is 0 Å². The summed E-state index contributed by atoms with van der Waals surface area (Å²) in [6.07, 6.45) is 1.54. The number of nitrogens with one attached hydrogen (secondary N) is 3. The molecule has 0 radical (unpaired) electrons. The van der Waals surface area contributed by atoms with Gasteiger partial charge in [-0.3, -0.25) is 4.79 Å². The maximum atomic E-state index is 12.3. The molecule has 0 aliphatic rings. The Kier molecular flexibility index (Phi) is 5.57. The molecule has 2 aromatic heterocycles. The van der Waals surface area contributed by atoms with Crippen molar-refractivity contribution < 1.29 is 9.21 Å². The van der Waals surface area contributed by atoms with Gasteiger partial charge in [-0.05, 0) is 30.5 Å². The van der Waals surface area contributed by atoms with E-state index in [9.17, 15) is 4.79 Å². The third kappa shape index (κ3) is 4.82. The molecular weight excluding hydrogens is 388 g/mol. The number of carbonyl (C=O) groups is 1. The summed E-state index contributed by atoms with van der Waals surface area (Å²) in [7, 11) is 0. The van der Waals surface area contributed by atoms with E-state index in [0.717, 1.165) is 22.2 Å². The smallest absolute Gasteiger partial charge is 0.240 e. The molecule has 2 heterocycles. The molecule has 0 saturated heterocycles. The number of amides is 1. The lowest BCUT2D eigenvalue weighted by Gasteiger charge is -2.07. The molecule has 4 rings (SSSR count). The number of aromatic amines is 1. The fourth-order valence-corrected chi connectivity index (χ4v) is 3.29. The molecule has 2 aromatic carbocycles. The number of hydrogen-bond donors (Lipinski definition) is 3. The number of nitrogens with zero attached hydrogens (tertiary/aromatic N) is 3. The minimum Gasteiger partial charge on any atom is -0.460 e. The van der Waals surface area contributed by atoms with Crippen molar-refractivity contribution in [3.63, 3.8) is 0 Å². The molecule has 1 amide bonds. The average molecular weight is 406 g/mol. The van der Waals surface area contributed by atoms with Gasteiger partial charge in [0.25, 0.3) is 0 Å². The second kappa shape index (κ2) is 8.61. The lowest BCUT2D eigenvalue weighted by atomic mass is 10.1. The molecule has 0 saturated carbocycles. The van der Waals surface area contributed by atoms with Gasteiger partial charge in [0.15, 0.2) is 0 Å². The van der Waals surface area contributed by atoms with Crippen molar-refractivity contribution in [1.82, 2.24) is 15.2 Å². The summed E-state index contributed by atoms with van der Waals surface area (Å²) in [5, 5.41) is 16.3. The van der Waals surface area contributed by atoms with Crippen LogP contribution in [0.5, 0.6) is 0 Å². The molecule has 4 aromatic rings. The topological polar surface area (TPSA) is 108 Å². The Morgan fingerprint density at radius 3 is 2.93 bits per heavy atom. The van der Waals surface area contributed by atoms with Crippen molar-refractivity contribution >= 4 is 46.3 Å². The highest BCUT2D eigenvalue weighted by atomic mass is 32.2. The number of benzene rings is 2. The first-order valence-corrected chi connectivity index (χ1v) is 9.84. The molecule has 0 fully saturated rings. The SMILES string of the molecule is Cc1ccc(/C=N\Nc2nc(SCC(=O)Nc3cccc4ccccc34)n[nH]2)o1. The fraction of sp³-hybridized carbons (Fsp3) is 0.100. The summed E-state index contributed by atoms with van der Waals surface area (Å²) in [6, 6.07) is 17.4.